The van der Waals surface area contributed by atoms with Gasteiger partial charge in [0, 0.05) is 5.92 Å². The molecule has 1 amide bonds. The summed E-state index contributed by atoms with van der Waals surface area (Å²) in [6, 6.07) is 12.2. The Morgan fingerprint density at radius 1 is 1.24 bits per heavy atom. The minimum atomic E-state index is -0.485. The summed E-state index contributed by atoms with van der Waals surface area (Å²) in [7, 11) is 1.33. The number of hydrogen-bond donors (Lipinski definition) is 1. The number of rotatable bonds is 1. The summed E-state index contributed by atoms with van der Waals surface area (Å²) in [5, 5.41) is 9.83. The van der Waals surface area contributed by atoms with Crippen molar-refractivity contribution in [1.29, 1.82) is 0 Å². The van der Waals surface area contributed by atoms with Crippen LogP contribution in [-0.2, 0) is 11.2 Å². The molecule has 25 heavy (non-hydrogen) atoms. The van der Waals surface area contributed by atoms with Crippen molar-refractivity contribution in [2.45, 2.75) is 30.8 Å². The molecule has 1 heterocycles. The monoisotopic (exact) mass is 341 g/mol. The Morgan fingerprint density at radius 3 is 2.76 bits per heavy atom. The fraction of sp³-hybridized carbons (Fsp3) is 0.350. The second kappa shape index (κ2) is 6.15. The standard InChI is InChI=1S/C20H20FNO3/c1-25-20(24)22-15(11-23)10-18-16-5-3-2-4-12(16)8-13-6-7-14(21)9-17(13)19(18)22/h2-7,9,15,18-19,23H,8,10-11H2,1H3/t15-,18-,19-/m1/s1. The number of amides is 1. The van der Waals surface area contributed by atoms with E-state index in [2.05, 4.69) is 12.1 Å². The number of aliphatic hydroxyl groups excluding tert-OH is 1. The number of hydrogen-bond acceptors (Lipinski definition) is 3. The number of likely N-dealkylation sites (tertiary alicyclic amines) is 1. The largest absolute Gasteiger partial charge is 0.453 e. The molecule has 1 N–H and O–H groups in total. The number of nitrogens with zero attached hydrogens (tertiary/aromatic N) is 1. The van der Waals surface area contributed by atoms with Gasteiger partial charge in [-0.15, -0.1) is 0 Å². The van der Waals surface area contributed by atoms with Crippen LogP contribution in [0.15, 0.2) is 42.5 Å². The molecule has 0 saturated carbocycles. The van der Waals surface area contributed by atoms with Gasteiger partial charge in [-0.25, -0.2) is 9.18 Å². The fourth-order valence-corrected chi connectivity index (χ4v) is 4.41. The van der Waals surface area contributed by atoms with E-state index in [9.17, 15) is 14.3 Å². The predicted molar refractivity (Wildman–Crippen MR) is 90.9 cm³/mol. The second-order valence-corrected chi connectivity index (χ2v) is 6.72. The summed E-state index contributed by atoms with van der Waals surface area (Å²) in [6.07, 6.45) is 0.849. The van der Waals surface area contributed by atoms with Crippen LogP contribution < -0.4 is 0 Å². The average molecular weight is 341 g/mol. The minimum absolute atomic E-state index is 0.00972. The molecule has 0 aromatic heterocycles. The van der Waals surface area contributed by atoms with E-state index >= 15 is 0 Å². The number of benzene rings is 2. The van der Waals surface area contributed by atoms with Gasteiger partial charge in [0.15, 0.2) is 0 Å². The number of methoxy groups -OCH3 is 1. The maximum absolute atomic E-state index is 14.0. The van der Waals surface area contributed by atoms with Crippen LogP contribution in [0.4, 0.5) is 9.18 Å². The van der Waals surface area contributed by atoms with Crippen molar-refractivity contribution < 1.29 is 19.0 Å². The molecule has 2 aliphatic rings. The Kier molecular flexibility index (Phi) is 3.96. The third-order valence-corrected chi connectivity index (χ3v) is 5.46. The van der Waals surface area contributed by atoms with E-state index in [-0.39, 0.29) is 30.4 Å². The summed E-state index contributed by atoms with van der Waals surface area (Å²) in [5.74, 6) is -0.309. The van der Waals surface area contributed by atoms with Crippen molar-refractivity contribution in [1.82, 2.24) is 4.90 Å². The van der Waals surface area contributed by atoms with Crippen LogP contribution in [0.2, 0.25) is 0 Å². The molecule has 4 nitrogen and oxygen atoms in total. The van der Waals surface area contributed by atoms with E-state index in [0.29, 0.717) is 12.8 Å². The maximum Gasteiger partial charge on any atom is 0.410 e. The molecule has 1 saturated heterocycles. The van der Waals surface area contributed by atoms with Crippen molar-refractivity contribution >= 4 is 6.09 Å². The molecule has 1 aliphatic heterocycles. The molecule has 3 atom stereocenters. The molecular weight excluding hydrogens is 321 g/mol. The van der Waals surface area contributed by atoms with E-state index in [4.69, 9.17) is 4.74 Å². The first kappa shape index (κ1) is 16.1. The van der Waals surface area contributed by atoms with Gasteiger partial charge < -0.3 is 9.84 Å². The normalized spacial score (nSPS) is 24.1. The summed E-state index contributed by atoms with van der Waals surface area (Å²) >= 11 is 0. The molecule has 0 unspecified atom stereocenters. The molecule has 0 radical (unpaired) electrons. The van der Waals surface area contributed by atoms with Crippen molar-refractivity contribution in [3.05, 3.63) is 70.5 Å². The summed E-state index contributed by atoms with van der Waals surface area (Å²) in [4.78, 5) is 14.0. The molecule has 130 valence electrons. The van der Waals surface area contributed by atoms with Gasteiger partial charge in [0.25, 0.3) is 0 Å². The Morgan fingerprint density at radius 2 is 2.00 bits per heavy atom. The van der Waals surface area contributed by atoms with E-state index in [1.807, 2.05) is 12.1 Å². The first-order valence-electron chi connectivity index (χ1n) is 8.47. The van der Waals surface area contributed by atoms with Gasteiger partial charge >= 0.3 is 6.09 Å². The number of carbonyl (C=O) groups is 1. The molecule has 0 spiro atoms. The zero-order valence-electron chi connectivity index (χ0n) is 14.0. The van der Waals surface area contributed by atoms with E-state index < -0.39 is 6.09 Å². The van der Waals surface area contributed by atoms with E-state index in [1.165, 1.54) is 24.8 Å². The molecule has 4 rings (SSSR count). The zero-order chi connectivity index (χ0) is 17.6. The highest BCUT2D eigenvalue weighted by Gasteiger charge is 2.47. The van der Waals surface area contributed by atoms with Gasteiger partial charge in [0.1, 0.15) is 5.82 Å². The number of aliphatic hydroxyl groups is 1. The smallest absolute Gasteiger partial charge is 0.410 e. The lowest BCUT2D eigenvalue weighted by atomic mass is 9.87. The molecule has 1 aliphatic carbocycles. The number of ether oxygens (including phenoxy) is 1. The second-order valence-electron chi connectivity index (χ2n) is 6.72. The minimum Gasteiger partial charge on any atom is -0.453 e. The first-order chi connectivity index (χ1) is 12.1. The Hall–Kier alpha value is -2.40. The van der Waals surface area contributed by atoms with Gasteiger partial charge in [0.05, 0.1) is 25.8 Å². The maximum atomic E-state index is 14.0. The average Bonchev–Trinajstić information content (AvgIpc) is 2.96. The van der Waals surface area contributed by atoms with Crippen molar-refractivity contribution in [3.63, 3.8) is 0 Å². The van der Waals surface area contributed by atoms with Crippen molar-refractivity contribution in [2.24, 2.45) is 0 Å². The van der Waals surface area contributed by atoms with Crippen LogP contribution in [0, 0.1) is 5.82 Å². The van der Waals surface area contributed by atoms with Gasteiger partial charge in [-0.1, -0.05) is 30.3 Å². The first-order valence-corrected chi connectivity index (χ1v) is 8.47. The third kappa shape index (κ3) is 2.50. The summed E-state index contributed by atoms with van der Waals surface area (Å²) in [5.41, 5.74) is 4.16. The van der Waals surface area contributed by atoms with Crippen molar-refractivity contribution in [3.8, 4) is 0 Å². The van der Waals surface area contributed by atoms with E-state index in [1.54, 1.807) is 11.0 Å². The summed E-state index contributed by atoms with van der Waals surface area (Å²) in [6.45, 7) is -0.144. The lowest BCUT2D eigenvalue weighted by Gasteiger charge is -2.30. The molecular formula is C20H20FNO3. The van der Waals surface area contributed by atoms with Gasteiger partial charge in [-0.2, -0.15) is 0 Å². The molecule has 0 bridgehead atoms. The van der Waals surface area contributed by atoms with Gasteiger partial charge in [0.2, 0.25) is 0 Å². The van der Waals surface area contributed by atoms with Crippen LogP contribution in [0.5, 0.6) is 0 Å². The molecule has 5 heteroatoms. The van der Waals surface area contributed by atoms with Gasteiger partial charge in [-0.3, -0.25) is 4.90 Å². The van der Waals surface area contributed by atoms with Crippen LogP contribution in [0.25, 0.3) is 0 Å². The zero-order valence-corrected chi connectivity index (χ0v) is 14.0. The number of carbonyl (C=O) groups excluding carboxylic acids is 1. The van der Waals surface area contributed by atoms with Gasteiger partial charge in [-0.05, 0) is 47.2 Å². The highest BCUT2D eigenvalue weighted by Crippen LogP contribution is 2.51. The lowest BCUT2D eigenvalue weighted by Crippen LogP contribution is -2.39. The van der Waals surface area contributed by atoms with E-state index in [0.717, 1.165) is 16.7 Å². The molecule has 2 aromatic carbocycles. The quantitative estimate of drug-likeness (QED) is 0.865. The SMILES string of the molecule is COC(=O)N1[C@@H](CO)C[C@@H]2c3ccccc3Cc3ccc(F)cc3[C@H]21. The lowest BCUT2D eigenvalue weighted by molar-refractivity contribution is 0.0837. The summed E-state index contributed by atoms with van der Waals surface area (Å²) < 4.78 is 19.0. The van der Waals surface area contributed by atoms with Crippen LogP contribution >= 0.6 is 0 Å². The Labute approximate surface area is 145 Å². The highest BCUT2D eigenvalue weighted by atomic mass is 19.1. The van der Waals surface area contributed by atoms with Crippen LogP contribution in [0.1, 0.15) is 40.6 Å². The topological polar surface area (TPSA) is 49.8 Å². The highest BCUT2D eigenvalue weighted by molar-refractivity contribution is 5.70. The predicted octanol–water partition coefficient (Wildman–Crippen LogP) is 3.39. The van der Waals surface area contributed by atoms with Crippen LogP contribution in [-0.4, -0.2) is 35.9 Å². The van der Waals surface area contributed by atoms with Crippen molar-refractivity contribution in [2.75, 3.05) is 13.7 Å². The molecule has 2 aromatic rings. The Balaban J connectivity index is 1.94. The van der Waals surface area contributed by atoms with Crippen LogP contribution in [0.3, 0.4) is 0 Å². The number of halogens is 1. The molecule has 1 fully saturated rings. The Bertz CT molecular complexity index is 822. The number of fused-ring (bicyclic) bond motifs is 5. The third-order valence-electron chi connectivity index (χ3n) is 5.46. The fourth-order valence-electron chi connectivity index (χ4n) is 4.41.